The number of anilines is 1. The number of hydrogen-bond acceptors (Lipinski definition) is 3. The van der Waals surface area contributed by atoms with Gasteiger partial charge in [0.2, 0.25) is 0 Å². The van der Waals surface area contributed by atoms with E-state index in [2.05, 4.69) is 47.1 Å². The number of rotatable bonds is 3. The molecule has 2 rings (SSSR count). The third-order valence-corrected chi connectivity index (χ3v) is 3.48. The molecule has 0 saturated heterocycles. The summed E-state index contributed by atoms with van der Waals surface area (Å²) in [6.07, 6.45) is 1.28. The largest absolute Gasteiger partial charge is 0.365 e. The fourth-order valence-electron chi connectivity index (χ4n) is 1.36. The van der Waals surface area contributed by atoms with E-state index in [-0.39, 0.29) is 17.9 Å². The van der Waals surface area contributed by atoms with Crippen LogP contribution in [0.25, 0.3) is 0 Å². The molecule has 0 atom stereocenters. The second-order valence-corrected chi connectivity index (χ2v) is 5.19. The first-order chi connectivity index (χ1) is 8.58. The first-order valence-electron chi connectivity index (χ1n) is 4.99. The quantitative estimate of drug-likeness (QED) is 0.865. The molecule has 1 aromatic carbocycles. The lowest BCUT2D eigenvalue weighted by molar-refractivity contribution is 0.612. The normalized spacial score (nSPS) is 10.4. The Morgan fingerprint density at radius 1 is 1.39 bits per heavy atom. The molecule has 0 saturated carbocycles. The summed E-state index contributed by atoms with van der Waals surface area (Å²) in [5, 5.41) is 2.90. The van der Waals surface area contributed by atoms with E-state index in [1.165, 1.54) is 12.4 Å². The molecule has 1 heterocycles. The molecule has 2 N–H and O–H groups in total. The van der Waals surface area contributed by atoms with Gasteiger partial charge in [-0.2, -0.15) is 0 Å². The van der Waals surface area contributed by atoms with E-state index in [0.29, 0.717) is 15.9 Å². The van der Waals surface area contributed by atoms with Crippen LogP contribution in [0.3, 0.4) is 0 Å². The molecule has 2 aromatic rings. The summed E-state index contributed by atoms with van der Waals surface area (Å²) in [4.78, 5) is 17.7. The highest BCUT2D eigenvalue weighted by atomic mass is 79.9. The Hall–Kier alpha value is -1.21. The van der Waals surface area contributed by atoms with Crippen LogP contribution in [0.4, 0.5) is 10.2 Å². The van der Waals surface area contributed by atoms with Gasteiger partial charge in [0.25, 0.3) is 5.56 Å². The van der Waals surface area contributed by atoms with Gasteiger partial charge in [-0.25, -0.2) is 9.37 Å². The SMILES string of the molecule is O=c1[nH]cnc(NCc2cc(Br)ccc2F)c1Br. The maximum absolute atomic E-state index is 13.5. The third kappa shape index (κ3) is 2.97. The van der Waals surface area contributed by atoms with Gasteiger partial charge in [-0.1, -0.05) is 15.9 Å². The lowest BCUT2D eigenvalue weighted by Crippen LogP contribution is -2.12. The lowest BCUT2D eigenvalue weighted by Gasteiger charge is -2.08. The zero-order chi connectivity index (χ0) is 13.1. The first-order valence-corrected chi connectivity index (χ1v) is 6.57. The van der Waals surface area contributed by atoms with E-state index in [9.17, 15) is 9.18 Å². The standard InChI is InChI=1S/C11H8Br2FN3O/c12-7-1-2-8(14)6(3-7)4-15-10-9(13)11(18)17-5-16-10/h1-3,5H,4H2,(H2,15,16,17,18). The van der Waals surface area contributed by atoms with Crippen LogP contribution in [0.2, 0.25) is 0 Å². The Bertz CT molecular complexity index is 630. The molecule has 0 bridgehead atoms. The van der Waals surface area contributed by atoms with E-state index in [0.717, 1.165) is 4.47 Å². The molecule has 0 amide bonds. The minimum absolute atomic E-state index is 0.236. The molecule has 0 aliphatic carbocycles. The molecule has 94 valence electrons. The van der Waals surface area contributed by atoms with Crippen molar-refractivity contribution in [2.24, 2.45) is 0 Å². The number of aromatic amines is 1. The average Bonchev–Trinajstić information content (AvgIpc) is 2.35. The van der Waals surface area contributed by atoms with Gasteiger partial charge in [0.1, 0.15) is 16.1 Å². The van der Waals surface area contributed by atoms with E-state index in [1.54, 1.807) is 12.1 Å². The minimum atomic E-state index is -0.313. The van der Waals surface area contributed by atoms with Crippen LogP contribution in [0.15, 0.2) is 38.3 Å². The van der Waals surface area contributed by atoms with E-state index in [4.69, 9.17) is 0 Å². The molecule has 0 aliphatic heterocycles. The van der Waals surface area contributed by atoms with Crippen LogP contribution in [-0.4, -0.2) is 9.97 Å². The number of hydrogen-bond donors (Lipinski definition) is 2. The van der Waals surface area contributed by atoms with Crippen LogP contribution in [0.1, 0.15) is 5.56 Å². The van der Waals surface area contributed by atoms with E-state index >= 15 is 0 Å². The van der Waals surface area contributed by atoms with Crippen molar-refractivity contribution in [3.05, 3.63) is 55.2 Å². The molecular formula is C11H8Br2FN3O. The number of H-pyrrole nitrogens is 1. The van der Waals surface area contributed by atoms with Crippen LogP contribution < -0.4 is 10.9 Å². The summed E-state index contributed by atoms with van der Waals surface area (Å²) in [5.41, 5.74) is 0.195. The van der Waals surface area contributed by atoms with Gasteiger partial charge in [0, 0.05) is 16.6 Å². The summed E-state index contributed by atoms with van der Waals surface area (Å²) < 4.78 is 14.6. The van der Waals surface area contributed by atoms with E-state index < -0.39 is 0 Å². The molecule has 0 spiro atoms. The fraction of sp³-hybridized carbons (Fsp3) is 0.0909. The topological polar surface area (TPSA) is 57.8 Å². The molecule has 7 heteroatoms. The van der Waals surface area contributed by atoms with Crippen LogP contribution in [0.5, 0.6) is 0 Å². The van der Waals surface area contributed by atoms with Gasteiger partial charge < -0.3 is 10.3 Å². The number of benzene rings is 1. The zero-order valence-corrected chi connectivity index (χ0v) is 12.2. The molecule has 0 aliphatic rings. The highest BCUT2D eigenvalue weighted by molar-refractivity contribution is 9.10. The summed E-state index contributed by atoms with van der Waals surface area (Å²) in [6.45, 7) is 0.236. The first kappa shape index (κ1) is 13.2. The monoisotopic (exact) mass is 375 g/mol. The van der Waals surface area contributed by atoms with E-state index in [1.807, 2.05) is 0 Å². The molecule has 0 fully saturated rings. The van der Waals surface area contributed by atoms with Crippen molar-refractivity contribution in [3.8, 4) is 0 Å². The molecule has 0 radical (unpaired) electrons. The molecule has 18 heavy (non-hydrogen) atoms. The van der Waals surface area contributed by atoms with Crippen molar-refractivity contribution < 1.29 is 4.39 Å². The van der Waals surface area contributed by atoms with Crippen molar-refractivity contribution >= 4 is 37.7 Å². The smallest absolute Gasteiger partial charge is 0.267 e. The van der Waals surface area contributed by atoms with Crippen molar-refractivity contribution in [2.45, 2.75) is 6.54 Å². The van der Waals surface area contributed by atoms with Gasteiger partial charge in [0.15, 0.2) is 0 Å². The fourth-order valence-corrected chi connectivity index (χ4v) is 2.13. The predicted octanol–water partition coefficient (Wildman–Crippen LogP) is 3.05. The van der Waals surface area contributed by atoms with Crippen molar-refractivity contribution in [3.63, 3.8) is 0 Å². The lowest BCUT2D eigenvalue weighted by atomic mass is 10.2. The summed E-state index contributed by atoms with van der Waals surface area (Å²) in [7, 11) is 0. The number of aromatic nitrogens is 2. The van der Waals surface area contributed by atoms with Gasteiger partial charge in [-0.05, 0) is 34.1 Å². The maximum atomic E-state index is 13.5. The summed E-state index contributed by atoms with van der Waals surface area (Å²) in [6, 6.07) is 4.67. The molecule has 1 aromatic heterocycles. The summed E-state index contributed by atoms with van der Waals surface area (Å²) in [5.74, 6) is 0.0600. The Morgan fingerprint density at radius 2 is 2.17 bits per heavy atom. The average molecular weight is 377 g/mol. The van der Waals surface area contributed by atoms with Gasteiger partial charge in [0.05, 0.1) is 6.33 Å². The highest BCUT2D eigenvalue weighted by Crippen LogP contribution is 2.18. The maximum Gasteiger partial charge on any atom is 0.267 e. The Morgan fingerprint density at radius 3 is 2.94 bits per heavy atom. The highest BCUT2D eigenvalue weighted by Gasteiger charge is 2.07. The van der Waals surface area contributed by atoms with Crippen LogP contribution in [-0.2, 0) is 6.54 Å². The molecule has 4 nitrogen and oxygen atoms in total. The second kappa shape index (κ2) is 5.62. The van der Waals surface area contributed by atoms with Crippen molar-refractivity contribution in [2.75, 3.05) is 5.32 Å². The number of nitrogens with zero attached hydrogens (tertiary/aromatic N) is 1. The second-order valence-electron chi connectivity index (χ2n) is 3.48. The number of nitrogens with one attached hydrogen (secondary N) is 2. The van der Waals surface area contributed by atoms with Gasteiger partial charge >= 0.3 is 0 Å². The van der Waals surface area contributed by atoms with Crippen molar-refractivity contribution in [1.29, 1.82) is 0 Å². The van der Waals surface area contributed by atoms with Gasteiger partial charge in [-0.3, -0.25) is 4.79 Å². The minimum Gasteiger partial charge on any atom is -0.365 e. The molecular weight excluding hydrogens is 369 g/mol. The zero-order valence-electron chi connectivity index (χ0n) is 9.01. The predicted molar refractivity (Wildman–Crippen MR) is 74.0 cm³/mol. The summed E-state index contributed by atoms with van der Waals surface area (Å²) >= 11 is 6.39. The molecule has 0 unspecified atom stereocenters. The number of halogens is 3. The van der Waals surface area contributed by atoms with Gasteiger partial charge in [-0.15, -0.1) is 0 Å². The van der Waals surface area contributed by atoms with Crippen molar-refractivity contribution in [1.82, 2.24) is 9.97 Å². The Kier molecular flexibility index (Phi) is 4.13. The van der Waals surface area contributed by atoms with Crippen LogP contribution >= 0.6 is 31.9 Å². The Balaban J connectivity index is 2.19. The Labute approximate surface area is 119 Å². The third-order valence-electron chi connectivity index (χ3n) is 2.25. The van der Waals surface area contributed by atoms with Crippen LogP contribution in [0, 0.1) is 5.82 Å².